The number of rotatable bonds is 4. The fraction of sp³-hybridized carbons (Fsp3) is 0.250. The first-order valence-electron chi connectivity index (χ1n) is 8.63. The lowest BCUT2D eigenvalue weighted by Crippen LogP contribution is -2.27. The van der Waals surface area contributed by atoms with Gasteiger partial charge < -0.3 is 10.6 Å². The van der Waals surface area contributed by atoms with Crippen molar-refractivity contribution >= 4 is 17.5 Å². The quantitative estimate of drug-likeness (QED) is 0.618. The number of hydrogen-bond acceptors (Lipinski definition) is 5. The van der Waals surface area contributed by atoms with Gasteiger partial charge in [0, 0.05) is 29.6 Å². The van der Waals surface area contributed by atoms with Crippen LogP contribution in [0.5, 0.6) is 0 Å². The molecule has 0 spiro atoms. The molecule has 0 bridgehead atoms. The summed E-state index contributed by atoms with van der Waals surface area (Å²) >= 11 is 0. The van der Waals surface area contributed by atoms with Crippen LogP contribution in [0.4, 0.5) is 30.6 Å². The molecule has 2 heterocycles. The Bertz CT molecular complexity index is 950. The molecule has 0 aliphatic heterocycles. The Labute approximate surface area is 161 Å². The zero-order valence-electron chi connectivity index (χ0n) is 15.7. The average molecular weight is 387 g/mol. The van der Waals surface area contributed by atoms with E-state index >= 15 is 0 Å². The van der Waals surface area contributed by atoms with Gasteiger partial charge in [-0.2, -0.15) is 18.2 Å². The number of anilines is 3. The minimum atomic E-state index is -4.48. The maximum atomic E-state index is 13.3. The van der Waals surface area contributed by atoms with Crippen molar-refractivity contribution in [3.63, 3.8) is 0 Å². The predicted octanol–water partition coefficient (Wildman–Crippen LogP) is 5.51. The van der Waals surface area contributed by atoms with E-state index in [1.54, 1.807) is 30.6 Å². The molecule has 2 N–H and O–H groups in total. The third-order valence-corrected chi connectivity index (χ3v) is 3.68. The lowest BCUT2D eigenvalue weighted by atomic mass is 10.1. The summed E-state index contributed by atoms with van der Waals surface area (Å²) in [5, 5.41) is 5.95. The molecule has 2 aromatic heterocycles. The van der Waals surface area contributed by atoms with Crippen molar-refractivity contribution < 1.29 is 13.2 Å². The van der Waals surface area contributed by atoms with Gasteiger partial charge in [-0.1, -0.05) is 12.1 Å². The topological polar surface area (TPSA) is 62.7 Å². The Morgan fingerprint density at radius 1 is 0.893 bits per heavy atom. The number of aromatic nitrogens is 3. The van der Waals surface area contributed by atoms with Gasteiger partial charge in [-0.3, -0.25) is 4.98 Å². The van der Waals surface area contributed by atoms with Crippen LogP contribution < -0.4 is 10.6 Å². The Kier molecular flexibility index (Phi) is 5.22. The van der Waals surface area contributed by atoms with E-state index in [4.69, 9.17) is 0 Å². The SMILES string of the molecule is CC(C)(C)Nc1nc(Nc2ccccc2C(F)(F)F)cc(-c2ccncc2)n1. The Balaban J connectivity index is 2.05. The van der Waals surface area contributed by atoms with E-state index in [9.17, 15) is 13.2 Å². The van der Waals surface area contributed by atoms with Crippen LogP contribution in [-0.2, 0) is 6.18 Å². The monoisotopic (exact) mass is 387 g/mol. The molecule has 0 aliphatic carbocycles. The first-order valence-corrected chi connectivity index (χ1v) is 8.63. The minimum Gasteiger partial charge on any atom is -0.350 e. The van der Waals surface area contributed by atoms with E-state index < -0.39 is 11.7 Å². The Hall–Kier alpha value is -3.16. The van der Waals surface area contributed by atoms with Crippen LogP contribution in [0.25, 0.3) is 11.3 Å². The maximum Gasteiger partial charge on any atom is 0.418 e. The number of nitrogens with one attached hydrogen (secondary N) is 2. The number of para-hydroxylation sites is 1. The van der Waals surface area contributed by atoms with Gasteiger partial charge in [0.05, 0.1) is 16.9 Å². The maximum absolute atomic E-state index is 13.3. The summed E-state index contributed by atoms with van der Waals surface area (Å²) in [6.45, 7) is 5.84. The van der Waals surface area contributed by atoms with E-state index in [0.717, 1.165) is 11.6 Å². The molecule has 0 radical (unpaired) electrons. The fourth-order valence-electron chi connectivity index (χ4n) is 2.55. The molecule has 0 saturated heterocycles. The summed E-state index contributed by atoms with van der Waals surface area (Å²) in [5.74, 6) is 0.569. The van der Waals surface area contributed by atoms with Crippen molar-refractivity contribution in [1.82, 2.24) is 15.0 Å². The summed E-state index contributed by atoms with van der Waals surface area (Å²) in [5.41, 5.74) is 0.191. The molecule has 0 amide bonds. The molecule has 0 fully saturated rings. The van der Waals surface area contributed by atoms with Gasteiger partial charge in [0.1, 0.15) is 5.82 Å². The molecule has 5 nitrogen and oxygen atoms in total. The number of benzene rings is 1. The Morgan fingerprint density at radius 2 is 1.57 bits per heavy atom. The number of halogens is 3. The highest BCUT2D eigenvalue weighted by Gasteiger charge is 2.33. The summed E-state index contributed by atoms with van der Waals surface area (Å²) in [7, 11) is 0. The molecular weight excluding hydrogens is 367 g/mol. The van der Waals surface area contributed by atoms with E-state index in [1.165, 1.54) is 18.2 Å². The van der Waals surface area contributed by atoms with Gasteiger partial charge in [-0.25, -0.2) is 4.98 Å². The molecule has 0 atom stereocenters. The van der Waals surface area contributed by atoms with Gasteiger partial charge in [-0.15, -0.1) is 0 Å². The zero-order valence-corrected chi connectivity index (χ0v) is 15.7. The Morgan fingerprint density at radius 3 is 2.21 bits per heavy atom. The van der Waals surface area contributed by atoms with Crippen LogP contribution in [0.3, 0.4) is 0 Å². The van der Waals surface area contributed by atoms with E-state index in [0.29, 0.717) is 11.6 Å². The van der Waals surface area contributed by atoms with Gasteiger partial charge in [-0.05, 0) is 45.0 Å². The van der Waals surface area contributed by atoms with Gasteiger partial charge in [0.2, 0.25) is 5.95 Å². The predicted molar refractivity (Wildman–Crippen MR) is 103 cm³/mol. The number of hydrogen-bond donors (Lipinski definition) is 2. The van der Waals surface area contributed by atoms with Gasteiger partial charge in [0.15, 0.2) is 0 Å². The highest BCUT2D eigenvalue weighted by Crippen LogP contribution is 2.36. The standard InChI is InChI=1S/C20H20F3N5/c1-19(2,3)28-18-26-16(13-8-10-24-11-9-13)12-17(27-18)25-15-7-5-4-6-14(15)20(21,22)23/h4-12H,1-3H3,(H2,25,26,27,28). The first-order chi connectivity index (χ1) is 13.1. The minimum absolute atomic E-state index is 0.0731. The smallest absolute Gasteiger partial charge is 0.350 e. The van der Waals surface area contributed by atoms with Crippen molar-refractivity contribution in [2.75, 3.05) is 10.6 Å². The molecule has 146 valence electrons. The highest BCUT2D eigenvalue weighted by molar-refractivity contribution is 5.68. The van der Waals surface area contributed by atoms with Gasteiger partial charge >= 0.3 is 6.18 Å². The van der Waals surface area contributed by atoms with E-state index in [1.807, 2.05) is 20.8 Å². The second-order valence-electron chi connectivity index (χ2n) is 7.24. The molecular formula is C20H20F3N5. The van der Waals surface area contributed by atoms with Crippen molar-refractivity contribution in [2.45, 2.75) is 32.5 Å². The fourth-order valence-corrected chi connectivity index (χ4v) is 2.55. The van der Waals surface area contributed by atoms with E-state index in [-0.39, 0.29) is 17.0 Å². The van der Waals surface area contributed by atoms with Crippen LogP contribution in [0.1, 0.15) is 26.3 Å². The van der Waals surface area contributed by atoms with Crippen molar-refractivity contribution in [1.29, 1.82) is 0 Å². The van der Waals surface area contributed by atoms with Gasteiger partial charge in [0.25, 0.3) is 0 Å². The van der Waals surface area contributed by atoms with Crippen molar-refractivity contribution in [3.05, 3.63) is 60.4 Å². The molecule has 3 aromatic rings. The van der Waals surface area contributed by atoms with E-state index in [2.05, 4.69) is 25.6 Å². The van der Waals surface area contributed by atoms with Crippen LogP contribution in [-0.4, -0.2) is 20.5 Å². The third kappa shape index (κ3) is 4.97. The third-order valence-electron chi connectivity index (χ3n) is 3.68. The number of alkyl halides is 3. The summed E-state index contributed by atoms with van der Waals surface area (Å²) in [6, 6.07) is 10.4. The molecule has 0 saturated carbocycles. The van der Waals surface area contributed by atoms with Crippen LogP contribution in [0, 0.1) is 0 Å². The zero-order chi connectivity index (χ0) is 20.4. The van der Waals surface area contributed by atoms with Crippen LogP contribution >= 0.6 is 0 Å². The lowest BCUT2D eigenvalue weighted by Gasteiger charge is -2.21. The second-order valence-corrected chi connectivity index (χ2v) is 7.24. The molecule has 28 heavy (non-hydrogen) atoms. The summed E-state index contributed by atoms with van der Waals surface area (Å²) in [6.07, 6.45) is -1.22. The first kappa shape index (κ1) is 19.6. The number of pyridine rings is 1. The highest BCUT2D eigenvalue weighted by atomic mass is 19.4. The molecule has 0 aliphatic rings. The molecule has 1 aromatic carbocycles. The largest absolute Gasteiger partial charge is 0.418 e. The molecule has 3 rings (SSSR count). The van der Waals surface area contributed by atoms with Crippen molar-refractivity contribution in [3.8, 4) is 11.3 Å². The second kappa shape index (κ2) is 7.46. The van der Waals surface area contributed by atoms with Crippen molar-refractivity contribution in [2.24, 2.45) is 0 Å². The normalized spacial score (nSPS) is 11.9. The average Bonchev–Trinajstić information content (AvgIpc) is 2.60. The number of nitrogens with zero attached hydrogens (tertiary/aromatic N) is 3. The summed E-state index contributed by atoms with van der Waals surface area (Å²) in [4.78, 5) is 12.8. The summed E-state index contributed by atoms with van der Waals surface area (Å²) < 4.78 is 39.9. The molecule has 8 heteroatoms. The van der Waals surface area contributed by atoms with Crippen LogP contribution in [0.2, 0.25) is 0 Å². The lowest BCUT2D eigenvalue weighted by molar-refractivity contribution is -0.136. The van der Waals surface area contributed by atoms with Crippen LogP contribution in [0.15, 0.2) is 54.9 Å². The molecule has 0 unspecified atom stereocenters.